The van der Waals surface area contributed by atoms with Crippen LogP contribution in [0, 0.1) is 0 Å². The second-order valence-electron chi connectivity index (χ2n) is 4.59. The van der Waals surface area contributed by atoms with Crippen molar-refractivity contribution in [1.29, 1.82) is 0 Å². The molecule has 0 N–H and O–H groups in total. The van der Waals surface area contributed by atoms with Crippen LogP contribution in [0.25, 0.3) is 0 Å². The highest BCUT2D eigenvalue weighted by atomic mass is 17.4. The first-order chi connectivity index (χ1) is 9.43. The monoisotopic (exact) mass is 278 g/mol. The molecule has 0 amide bonds. The van der Waals surface area contributed by atoms with Crippen LogP contribution in [0.3, 0.4) is 0 Å². The lowest BCUT2D eigenvalue weighted by Crippen LogP contribution is -2.17. The minimum absolute atomic E-state index is 0.0966. The van der Waals surface area contributed by atoms with E-state index in [-0.39, 0.29) is 13.6 Å². The number of unbranched alkanes of at least 4 members (excludes halogenated alkanes) is 7. The van der Waals surface area contributed by atoms with Gasteiger partial charge < -0.3 is 0 Å². The molecule has 19 heavy (non-hydrogen) atoms. The lowest BCUT2D eigenvalue weighted by molar-refractivity contribution is -0.463. The molecule has 0 saturated carbocycles. The molecule has 0 aliphatic carbocycles. The Morgan fingerprint density at radius 2 is 1.21 bits per heavy atom. The number of rotatable bonds is 9. The van der Waals surface area contributed by atoms with Crippen LogP contribution in [0.5, 0.6) is 0 Å². The summed E-state index contributed by atoms with van der Waals surface area (Å²) < 4.78 is 0. The first-order valence-electron chi connectivity index (χ1n) is 7.24. The molecule has 1 aliphatic heterocycles. The Bertz CT molecular complexity index is 180. The van der Waals surface area contributed by atoms with Gasteiger partial charge in [0.2, 0.25) is 19.9 Å². The highest BCUT2D eigenvalue weighted by molar-refractivity contribution is 4.48. The van der Waals surface area contributed by atoms with Crippen LogP contribution in [0.4, 0.5) is 0 Å². The zero-order chi connectivity index (χ0) is 13.6. The van der Waals surface area contributed by atoms with Gasteiger partial charge in [0.1, 0.15) is 0 Å². The van der Waals surface area contributed by atoms with Crippen LogP contribution in [-0.4, -0.2) is 19.9 Å². The third-order valence-electron chi connectivity index (χ3n) is 2.92. The molecule has 1 heterocycles. The third-order valence-corrected chi connectivity index (χ3v) is 2.92. The zero-order valence-corrected chi connectivity index (χ0v) is 11.8. The van der Waals surface area contributed by atoms with E-state index in [2.05, 4.69) is 16.7 Å². The predicted molar refractivity (Wildman–Crippen MR) is 67.3 cm³/mol. The average Bonchev–Trinajstić information content (AvgIpc) is 2.55. The lowest BCUT2D eigenvalue weighted by Gasteiger charge is -2.13. The molecule has 0 aromatic rings. The van der Waals surface area contributed by atoms with E-state index < -0.39 is 6.29 Å². The van der Waals surface area contributed by atoms with Crippen LogP contribution in [0.15, 0.2) is 0 Å². The number of hydrogen-bond donors (Lipinski definition) is 0. The fourth-order valence-corrected chi connectivity index (χ4v) is 1.87. The second kappa shape index (κ2) is 12.8. The zero-order valence-electron chi connectivity index (χ0n) is 11.8. The molecule has 0 atom stereocenters. The van der Waals surface area contributed by atoms with E-state index in [1.54, 1.807) is 0 Å². The fourth-order valence-electron chi connectivity index (χ4n) is 1.87. The van der Waals surface area contributed by atoms with Gasteiger partial charge in [-0.3, -0.25) is 0 Å². The molecule has 0 unspecified atom stereocenters. The maximum atomic E-state index is 4.97. The van der Waals surface area contributed by atoms with Crippen LogP contribution >= 0.6 is 0 Å². The molecule has 1 aliphatic rings. The van der Waals surface area contributed by atoms with Gasteiger partial charge in [-0.25, -0.2) is 19.6 Å². The quantitative estimate of drug-likeness (QED) is 0.474. The summed E-state index contributed by atoms with van der Waals surface area (Å²) in [5, 5.41) is 0. The Balaban J connectivity index is 1.91. The molecular formula is C13H26O6. The second-order valence-corrected chi connectivity index (χ2v) is 4.59. The molecule has 0 aromatic carbocycles. The maximum Gasteiger partial charge on any atom is 0.224 e. The van der Waals surface area contributed by atoms with Crippen LogP contribution in [-0.2, 0) is 29.3 Å². The molecule has 0 radical (unpaired) electrons. The average molecular weight is 278 g/mol. The summed E-state index contributed by atoms with van der Waals surface area (Å²) in [5.41, 5.74) is 0. The van der Waals surface area contributed by atoms with Crippen molar-refractivity contribution in [3.05, 3.63) is 0 Å². The fraction of sp³-hybridized carbons (Fsp3) is 1.00. The van der Waals surface area contributed by atoms with E-state index in [1.807, 2.05) is 0 Å². The van der Waals surface area contributed by atoms with Crippen molar-refractivity contribution in [3.8, 4) is 0 Å². The standard InChI is InChI=1S/C13H26O6/c1-2-3-4-5-6-7-8-9-10-13-18-16-11-14-15-12-17-19-13/h13H,2-12H2,1H3. The highest BCUT2D eigenvalue weighted by Gasteiger charge is 2.13. The minimum Gasteiger partial charge on any atom is -0.202 e. The molecule has 114 valence electrons. The predicted octanol–water partition coefficient (Wildman–Crippen LogP) is 3.62. The Morgan fingerprint density at radius 1 is 0.684 bits per heavy atom. The molecule has 1 rings (SSSR count). The van der Waals surface area contributed by atoms with E-state index in [0.29, 0.717) is 0 Å². The van der Waals surface area contributed by atoms with Crippen LogP contribution in [0.1, 0.15) is 64.7 Å². The topological polar surface area (TPSA) is 55.4 Å². The van der Waals surface area contributed by atoms with Crippen molar-refractivity contribution < 1.29 is 29.3 Å². The van der Waals surface area contributed by atoms with Gasteiger partial charge in [0.05, 0.1) is 0 Å². The van der Waals surface area contributed by atoms with Crippen molar-refractivity contribution in [3.63, 3.8) is 0 Å². The SMILES string of the molecule is CCCCCCCCCCC1OOCOOCOO1. The van der Waals surface area contributed by atoms with Gasteiger partial charge in [0, 0.05) is 6.42 Å². The molecule has 1 saturated heterocycles. The summed E-state index contributed by atoms with van der Waals surface area (Å²) >= 11 is 0. The van der Waals surface area contributed by atoms with E-state index in [4.69, 9.17) is 19.6 Å². The first-order valence-corrected chi connectivity index (χ1v) is 7.24. The molecule has 0 bridgehead atoms. The summed E-state index contributed by atoms with van der Waals surface area (Å²) in [6, 6.07) is 0. The molecule has 6 heteroatoms. The van der Waals surface area contributed by atoms with Gasteiger partial charge in [-0.05, 0) is 6.42 Å². The molecule has 0 aromatic heterocycles. The third kappa shape index (κ3) is 10.2. The van der Waals surface area contributed by atoms with E-state index in [0.717, 1.165) is 12.8 Å². The largest absolute Gasteiger partial charge is 0.224 e. The molecular weight excluding hydrogens is 252 g/mol. The van der Waals surface area contributed by atoms with Gasteiger partial charge in [0.25, 0.3) is 0 Å². The van der Waals surface area contributed by atoms with E-state index in [1.165, 1.54) is 44.9 Å². The Labute approximate surface area is 115 Å². The van der Waals surface area contributed by atoms with Gasteiger partial charge in [-0.2, -0.15) is 9.78 Å². The highest BCUT2D eigenvalue weighted by Crippen LogP contribution is 2.13. The van der Waals surface area contributed by atoms with E-state index >= 15 is 0 Å². The van der Waals surface area contributed by atoms with Crippen molar-refractivity contribution in [2.24, 2.45) is 0 Å². The summed E-state index contributed by atoms with van der Waals surface area (Å²) in [6.45, 7) is 2.04. The molecule has 6 nitrogen and oxygen atoms in total. The van der Waals surface area contributed by atoms with Gasteiger partial charge in [-0.15, -0.1) is 0 Å². The first kappa shape index (κ1) is 16.8. The molecule has 1 fully saturated rings. The van der Waals surface area contributed by atoms with Crippen LogP contribution in [0.2, 0.25) is 0 Å². The van der Waals surface area contributed by atoms with E-state index in [9.17, 15) is 0 Å². The number of hydrogen-bond acceptors (Lipinski definition) is 6. The lowest BCUT2D eigenvalue weighted by atomic mass is 10.1. The van der Waals surface area contributed by atoms with Crippen molar-refractivity contribution in [2.45, 2.75) is 71.0 Å². The normalized spacial score (nSPS) is 18.8. The summed E-state index contributed by atoms with van der Waals surface area (Å²) in [4.78, 5) is 28.5. The van der Waals surface area contributed by atoms with Crippen LogP contribution < -0.4 is 0 Å². The van der Waals surface area contributed by atoms with Crippen molar-refractivity contribution >= 4 is 0 Å². The van der Waals surface area contributed by atoms with Gasteiger partial charge in [-0.1, -0.05) is 51.9 Å². The molecule has 0 spiro atoms. The smallest absolute Gasteiger partial charge is 0.202 e. The summed E-state index contributed by atoms with van der Waals surface area (Å²) in [7, 11) is 0. The van der Waals surface area contributed by atoms with Gasteiger partial charge >= 0.3 is 0 Å². The van der Waals surface area contributed by atoms with Crippen molar-refractivity contribution in [1.82, 2.24) is 0 Å². The summed E-state index contributed by atoms with van der Waals surface area (Å²) in [5.74, 6) is 0. The van der Waals surface area contributed by atoms with Gasteiger partial charge in [0.15, 0.2) is 0 Å². The Kier molecular flexibility index (Phi) is 11.3. The Morgan fingerprint density at radius 3 is 1.79 bits per heavy atom. The summed E-state index contributed by atoms with van der Waals surface area (Å²) in [6.07, 6.45) is 10.3. The Hall–Kier alpha value is -0.240. The minimum atomic E-state index is -0.523. The maximum absolute atomic E-state index is 4.97. The van der Waals surface area contributed by atoms with Crippen molar-refractivity contribution in [2.75, 3.05) is 13.6 Å².